The number of nitrogens with zero attached hydrogens (tertiary/aromatic N) is 4. The minimum absolute atomic E-state index is 0.00465. The third-order valence-corrected chi connectivity index (χ3v) is 6.56. The third kappa shape index (κ3) is 4.69. The number of imide groups is 1. The van der Waals surface area contributed by atoms with E-state index < -0.39 is 17.6 Å². The zero-order valence-corrected chi connectivity index (χ0v) is 19.3. The molecule has 1 N–H and O–H groups in total. The molecule has 2 aromatic carbocycles. The Labute approximate surface area is 205 Å². The average molecular weight is 518 g/mol. The van der Waals surface area contributed by atoms with Gasteiger partial charge in [-0.2, -0.15) is 18.3 Å². The number of benzene rings is 2. The number of aromatic amines is 1. The maximum atomic E-state index is 13.5. The van der Waals surface area contributed by atoms with E-state index in [0.717, 1.165) is 22.7 Å². The molecule has 2 amide bonds. The number of amides is 2. The molecule has 178 valence electrons. The largest absolute Gasteiger partial charge is 0.416 e. The van der Waals surface area contributed by atoms with Gasteiger partial charge in [0.1, 0.15) is 0 Å². The van der Waals surface area contributed by atoms with Gasteiger partial charge in [0.05, 0.1) is 47.3 Å². The van der Waals surface area contributed by atoms with Crippen molar-refractivity contribution in [2.75, 3.05) is 0 Å². The van der Waals surface area contributed by atoms with Crippen molar-refractivity contribution >= 4 is 51.5 Å². The number of carbonyl (C=O) groups is 2. The average Bonchev–Trinajstić information content (AvgIpc) is 3.52. The summed E-state index contributed by atoms with van der Waals surface area (Å²) < 4.78 is 41.8. The summed E-state index contributed by atoms with van der Waals surface area (Å²) in [6, 6.07) is 8.85. The molecule has 0 atom stereocenters. The molecule has 0 aliphatic carbocycles. The summed E-state index contributed by atoms with van der Waals surface area (Å²) in [5, 5.41) is 4.54. The number of halogens is 4. The van der Waals surface area contributed by atoms with Crippen LogP contribution in [0.5, 0.6) is 0 Å². The standard InChI is InChI=1S/C23H15ClF3N5O2S/c24-16-3-2-14(18(7-16)23(25,26)27)10-32-19-4-1-13(5-15(19)8-30-32)6-20-21(33)31(22(34)35-20)11-17-9-28-12-29-17/h1-9,12H,10-11H2,(H,28,29). The molecule has 0 radical (unpaired) electrons. The molecule has 1 aliphatic heterocycles. The Bertz CT molecular complexity index is 1480. The molecule has 3 heterocycles. The molecular weight excluding hydrogens is 503 g/mol. The molecule has 1 fully saturated rings. The summed E-state index contributed by atoms with van der Waals surface area (Å²) in [5.41, 5.74) is 1.15. The second kappa shape index (κ2) is 8.90. The highest BCUT2D eigenvalue weighted by atomic mass is 35.5. The molecule has 0 unspecified atom stereocenters. The molecule has 5 rings (SSSR count). The SMILES string of the molecule is O=C1SC(=Cc2ccc3c(cnn3Cc3ccc(Cl)cc3C(F)(F)F)c2)C(=O)N1Cc1cnc[nH]1. The highest BCUT2D eigenvalue weighted by Crippen LogP contribution is 2.35. The highest BCUT2D eigenvalue weighted by Gasteiger charge is 2.35. The topological polar surface area (TPSA) is 83.9 Å². The van der Waals surface area contributed by atoms with Crippen LogP contribution in [0.15, 0.2) is 60.0 Å². The van der Waals surface area contributed by atoms with Crippen LogP contribution in [0.25, 0.3) is 17.0 Å². The van der Waals surface area contributed by atoms with Gasteiger partial charge in [0.25, 0.3) is 11.1 Å². The summed E-state index contributed by atoms with van der Waals surface area (Å²) in [6.45, 7) is -0.000225. The Balaban J connectivity index is 1.40. The van der Waals surface area contributed by atoms with Gasteiger partial charge in [0, 0.05) is 16.6 Å². The Hall–Kier alpha value is -3.57. The normalized spacial score (nSPS) is 15.7. The number of imidazole rings is 1. The molecule has 35 heavy (non-hydrogen) atoms. The van der Waals surface area contributed by atoms with Crippen molar-refractivity contribution in [3.8, 4) is 0 Å². The van der Waals surface area contributed by atoms with E-state index in [-0.39, 0.29) is 33.8 Å². The molecule has 1 aliphatic rings. The minimum Gasteiger partial charge on any atom is -0.347 e. The van der Waals surface area contributed by atoms with Crippen LogP contribution in [0.4, 0.5) is 18.0 Å². The van der Waals surface area contributed by atoms with Crippen molar-refractivity contribution in [2.45, 2.75) is 19.3 Å². The lowest BCUT2D eigenvalue weighted by Gasteiger charge is -2.14. The lowest BCUT2D eigenvalue weighted by atomic mass is 10.1. The summed E-state index contributed by atoms with van der Waals surface area (Å²) in [7, 11) is 0. The van der Waals surface area contributed by atoms with Gasteiger partial charge >= 0.3 is 6.18 Å². The van der Waals surface area contributed by atoms with Crippen molar-refractivity contribution in [1.29, 1.82) is 0 Å². The number of nitrogens with one attached hydrogen (secondary N) is 1. The predicted molar refractivity (Wildman–Crippen MR) is 125 cm³/mol. The van der Waals surface area contributed by atoms with Crippen LogP contribution >= 0.6 is 23.4 Å². The van der Waals surface area contributed by atoms with Gasteiger partial charge in [-0.25, -0.2) is 4.98 Å². The fourth-order valence-corrected chi connectivity index (χ4v) is 4.77. The molecule has 0 bridgehead atoms. The van der Waals surface area contributed by atoms with Crippen molar-refractivity contribution < 1.29 is 22.8 Å². The van der Waals surface area contributed by atoms with Crippen LogP contribution in [0.2, 0.25) is 5.02 Å². The first-order chi connectivity index (χ1) is 16.7. The van der Waals surface area contributed by atoms with Crippen LogP contribution in [0.3, 0.4) is 0 Å². The first-order valence-electron chi connectivity index (χ1n) is 10.2. The Morgan fingerprint density at radius 1 is 1.09 bits per heavy atom. The van der Waals surface area contributed by atoms with Crippen LogP contribution < -0.4 is 0 Å². The van der Waals surface area contributed by atoms with Crippen LogP contribution in [0.1, 0.15) is 22.4 Å². The maximum absolute atomic E-state index is 13.5. The fraction of sp³-hybridized carbons (Fsp3) is 0.130. The fourth-order valence-electron chi connectivity index (χ4n) is 3.76. The number of fused-ring (bicyclic) bond motifs is 1. The van der Waals surface area contributed by atoms with E-state index in [9.17, 15) is 22.8 Å². The van der Waals surface area contributed by atoms with E-state index in [1.807, 2.05) is 0 Å². The summed E-state index contributed by atoms with van der Waals surface area (Å²) in [6.07, 6.45) is 1.61. The van der Waals surface area contributed by atoms with E-state index in [0.29, 0.717) is 22.2 Å². The summed E-state index contributed by atoms with van der Waals surface area (Å²) >= 11 is 6.61. The number of hydrogen-bond acceptors (Lipinski definition) is 5. The van der Waals surface area contributed by atoms with Crippen LogP contribution in [-0.4, -0.2) is 35.8 Å². The lowest BCUT2D eigenvalue weighted by molar-refractivity contribution is -0.138. The molecule has 0 saturated carbocycles. The van der Waals surface area contributed by atoms with Crippen molar-refractivity contribution in [1.82, 2.24) is 24.6 Å². The highest BCUT2D eigenvalue weighted by molar-refractivity contribution is 8.18. The minimum atomic E-state index is -4.54. The van der Waals surface area contributed by atoms with E-state index >= 15 is 0 Å². The van der Waals surface area contributed by atoms with Gasteiger partial charge < -0.3 is 4.98 Å². The second-order valence-electron chi connectivity index (χ2n) is 7.76. The maximum Gasteiger partial charge on any atom is 0.416 e. The first-order valence-corrected chi connectivity index (χ1v) is 11.4. The quantitative estimate of drug-likeness (QED) is 0.342. The van der Waals surface area contributed by atoms with Crippen LogP contribution in [0, 0.1) is 0 Å². The monoisotopic (exact) mass is 517 g/mol. The number of aromatic nitrogens is 4. The van der Waals surface area contributed by atoms with Crippen LogP contribution in [-0.2, 0) is 24.1 Å². The number of hydrogen-bond donors (Lipinski definition) is 1. The summed E-state index contributed by atoms with van der Waals surface area (Å²) in [5.74, 6) is -0.409. The molecular formula is C23H15ClF3N5O2S. The van der Waals surface area contributed by atoms with Gasteiger partial charge in [0.2, 0.25) is 0 Å². The van der Waals surface area contributed by atoms with Crippen molar-refractivity contribution in [2.24, 2.45) is 0 Å². The van der Waals surface area contributed by atoms with Crippen molar-refractivity contribution in [3.05, 3.63) is 87.4 Å². The third-order valence-electron chi connectivity index (χ3n) is 5.42. The number of H-pyrrole nitrogens is 1. The van der Waals surface area contributed by atoms with Gasteiger partial charge in [-0.1, -0.05) is 23.7 Å². The van der Waals surface area contributed by atoms with Gasteiger partial charge in [0.15, 0.2) is 0 Å². The predicted octanol–water partition coefficient (Wildman–Crippen LogP) is 5.72. The van der Waals surface area contributed by atoms with E-state index in [2.05, 4.69) is 15.1 Å². The van der Waals surface area contributed by atoms with Gasteiger partial charge in [-0.05, 0) is 53.2 Å². The first kappa shape index (κ1) is 23.2. The van der Waals surface area contributed by atoms with Gasteiger partial charge in [-0.3, -0.25) is 19.2 Å². The Morgan fingerprint density at radius 3 is 2.66 bits per heavy atom. The molecule has 12 heteroatoms. The molecule has 2 aromatic heterocycles. The second-order valence-corrected chi connectivity index (χ2v) is 9.19. The number of carbonyl (C=O) groups excluding carboxylic acids is 2. The zero-order valence-electron chi connectivity index (χ0n) is 17.7. The lowest BCUT2D eigenvalue weighted by Crippen LogP contribution is -2.27. The Kier molecular flexibility index (Phi) is 5.89. The molecule has 0 spiro atoms. The smallest absolute Gasteiger partial charge is 0.347 e. The van der Waals surface area contributed by atoms with E-state index in [4.69, 9.17) is 11.6 Å². The van der Waals surface area contributed by atoms with E-state index in [1.165, 1.54) is 23.1 Å². The zero-order chi connectivity index (χ0) is 24.7. The van der Waals surface area contributed by atoms with Crippen molar-refractivity contribution in [3.63, 3.8) is 0 Å². The van der Waals surface area contributed by atoms with Gasteiger partial charge in [-0.15, -0.1) is 0 Å². The number of rotatable bonds is 5. The summed E-state index contributed by atoms with van der Waals surface area (Å²) in [4.78, 5) is 33.2. The number of thioether (sulfide) groups is 1. The molecule has 7 nitrogen and oxygen atoms in total. The van der Waals surface area contributed by atoms with E-state index in [1.54, 1.807) is 36.7 Å². The number of alkyl halides is 3. The molecule has 1 saturated heterocycles. The molecule has 4 aromatic rings. The Morgan fingerprint density at radius 2 is 1.91 bits per heavy atom.